The highest BCUT2D eigenvalue weighted by molar-refractivity contribution is 7.71. The zero-order valence-electron chi connectivity index (χ0n) is 13.5. The monoisotopic (exact) mass is 484 g/mol. The van der Waals surface area contributed by atoms with Crippen LogP contribution in [0.2, 0.25) is 0 Å². The van der Waals surface area contributed by atoms with Crippen LogP contribution < -0.4 is 5.69 Å². The molecule has 28 heavy (non-hydrogen) atoms. The van der Waals surface area contributed by atoms with Crippen LogP contribution in [0.4, 0.5) is 0 Å². The van der Waals surface area contributed by atoms with Crippen LogP contribution in [0.5, 0.6) is 0 Å². The lowest BCUT2D eigenvalue weighted by molar-refractivity contribution is -0.0451. The molecule has 19 heteroatoms. The van der Waals surface area contributed by atoms with Crippen molar-refractivity contribution in [3.63, 3.8) is 0 Å². The van der Waals surface area contributed by atoms with Crippen LogP contribution in [0.15, 0.2) is 17.1 Å². The van der Waals surface area contributed by atoms with Crippen LogP contribution in [-0.2, 0) is 31.6 Å². The van der Waals surface area contributed by atoms with Crippen molar-refractivity contribution in [3.05, 3.63) is 27.4 Å². The van der Waals surface area contributed by atoms with Gasteiger partial charge in [0.15, 0.2) is 0 Å². The minimum atomic E-state index is -5.68. The first-order valence-corrected chi connectivity index (χ1v) is 12.0. The van der Waals surface area contributed by atoms with Gasteiger partial charge in [-0.2, -0.15) is 8.62 Å². The van der Waals surface area contributed by atoms with Crippen LogP contribution in [0.3, 0.4) is 0 Å². The second-order valence-corrected chi connectivity index (χ2v) is 10.1. The summed E-state index contributed by atoms with van der Waals surface area (Å²) >= 11 is 4.78. The van der Waals surface area contributed by atoms with Gasteiger partial charge in [-0.05, 0) is 6.07 Å². The van der Waals surface area contributed by atoms with Crippen molar-refractivity contribution in [1.29, 1.82) is 0 Å². The summed E-state index contributed by atoms with van der Waals surface area (Å²) in [5.41, 5.74) is -0.673. The number of ether oxygens (including phenoxy) is 1. The maximum absolute atomic E-state index is 11.9. The first-order valence-electron chi connectivity index (χ1n) is 7.11. The maximum atomic E-state index is 11.9. The quantitative estimate of drug-likeness (QED) is 0.209. The molecule has 5 atom stereocenters. The van der Waals surface area contributed by atoms with Gasteiger partial charge in [-0.3, -0.25) is 14.1 Å². The van der Waals surface area contributed by atoms with E-state index in [1.807, 2.05) is 0 Å². The molecule has 1 aromatic rings. The number of hydrogen-bond acceptors (Lipinski definition) is 10. The van der Waals surface area contributed by atoms with Gasteiger partial charge in [0.1, 0.15) is 23.1 Å². The lowest BCUT2D eigenvalue weighted by Gasteiger charge is -2.21. The molecule has 2 rings (SSSR count). The van der Waals surface area contributed by atoms with Gasteiger partial charge in [0, 0.05) is 12.6 Å². The number of phosphoric acid groups is 3. The highest BCUT2D eigenvalue weighted by Gasteiger charge is 2.46. The average Bonchev–Trinajstić information content (AvgIpc) is 2.84. The van der Waals surface area contributed by atoms with E-state index < -0.39 is 54.2 Å². The van der Waals surface area contributed by atoms with Gasteiger partial charge in [-0.1, -0.05) is 12.2 Å². The smallest absolute Gasteiger partial charge is 0.394 e. The molecule has 2 heterocycles. The Morgan fingerprint density at radius 2 is 1.86 bits per heavy atom. The number of aromatic amines is 1. The van der Waals surface area contributed by atoms with Crippen molar-refractivity contribution >= 4 is 35.7 Å². The lowest BCUT2D eigenvalue weighted by Crippen LogP contribution is -2.28. The molecule has 0 aliphatic carbocycles. The van der Waals surface area contributed by atoms with Crippen LogP contribution in [0, 0.1) is 4.64 Å². The molecule has 15 nitrogen and oxygen atoms in total. The van der Waals surface area contributed by atoms with Gasteiger partial charge in [0.2, 0.25) is 0 Å². The molecule has 0 spiro atoms. The predicted octanol–water partition coefficient (Wildman–Crippen LogP) is -0.102. The Kier molecular flexibility index (Phi) is 7.33. The zero-order chi connectivity index (χ0) is 21.3. The third kappa shape index (κ3) is 6.75. The molecule has 160 valence electrons. The molecule has 1 aliphatic heterocycles. The topological polar surface area (TPSA) is 227 Å². The Labute approximate surface area is 160 Å². The van der Waals surface area contributed by atoms with Crippen molar-refractivity contribution in [2.75, 3.05) is 6.61 Å². The molecule has 2 unspecified atom stereocenters. The normalized spacial score (nSPS) is 27.2. The molecule has 0 saturated carbocycles. The first-order chi connectivity index (χ1) is 12.7. The number of aliphatic hydroxyl groups is 1. The van der Waals surface area contributed by atoms with Crippen molar-refractivity contribution < 1.29 is 56.3 Å². The fraction of sp³-hybridized carbons (Fsp3) is 0.556. The minimum Gasteiger partial charge on any atom is -0.394 e. The molecule has 1 fully saturated rings. The highest BCUT2D eigenvalue weighted by atomic mass is 32.1. The Hall–Kier alpha value is -0.570. The third-order valence-corrected chi connectivity index (χ3v) is 7.31. The standard InChI is InChI=1S/C9H15N2O13P3S/c12-4-6-5(3-8(21-6)11-2-1-7(28)10-9(11)13)22-26(17,18)24-27(19,20)23-25(14,15)16/h1-2,5-6,8,12H,3-4H2,(H,17,18)(H,19,20)(H,10,13,28)(H2,14,15,16)/t5-,6+,8+/m0/s1. The van der Waals surface area contributed by atoms with Crippen LogP contribution in [0.25, 0.3) is 0 Å². The molecule has 0 aromatic carbocycles. The number of rotatable bonds is 8. The minimum absolute atomic E-state index is 0.141. The van der Waals surface area contributed by atoms with Crippen molar-refractivity contribution in [2.24, 2.45) is 0 Å². The SMILES string of the molecule is O=c1[nH]c(=S)ccn1[C@H]1C[C@H](OP(=O)(O)OP(=O)(O)OP(=O)(O)O)[C@@H](CO)O1. The summed E-state index contributed by atoms with van der Waals surface area (Å²) in [4.78, 5) is 49.9. The number of aliphatic hydroxyl groups excluding tert-OH is 1. The summed E-state index contributed by atoms with van der Waals surface area (Å²) in [6.45, 7) is -0.728. The van der Waals surface area contributed by atoms with Gasteiger partial charge in [0.05, 0.1) is 6.61 Å². The molecule has 1 saturated heterocycles. The summed E-state index contributed by atoms with van der Waals surface area (Å²) < 4.78 is 52.3. The Morgan fingerprint density at radius 1 is 1.21 bits per heavy atom. The predicted molar refractivity (Wildman–Crippen MR) is 90.2 cm³/mol. The van der Waals surface area contributed by atoms with E-state index in [1.165, 1.54) is 12.3 Å². The first kappa shape index (κ1) is 23.7. The Bertz CT molecular complexity index is 970. The van der Waals surface area contributed by atoms with E-state index in [1.54, 1.807) is 0 Å². The van der Waals surface area contributed by atoms with Crippen molar-refractivity contribution in [2.45, 2.75) is 24.9 Å². The lowest BCUT2D eigenvalue weighted by atomic mass is 10.2. The molecule has 1 aromatic heterocycles. The van der Waals surface area contributed by atoms with Gasteiger partial charge >= 0.3 is 29.2 Å². The zero-order valence-corrected chi connectivity index (χ0v) is 17.0. The number of nitrogens with zero attached hydrogens (tertiary/aromatic N) is 1. The molecular formula is C9H15N2O13P3S. The maximum Gasteiger partial charge on any atom is 0.490 e. The van der Waals surface area contributed by atoms with E-state index in [-0.39, 0.29) is 11.1 Å². The Morgan fingerprint density at radius 3 is 2.39 bits per heavy atom. The summed E-state index contributed by atoms with van der Waals surface area (Å²) in [5, 5.41) is 9.34. The van der Waals surface area contributed by atoms with Crippen molar-refractivity contribution in [1.82, 2.24) is 9.55 Å². The molecule has 0 amide bonds. The number of H-pyrrole nitrogens is 1. The van der Waals surface area contributed by atoms with E-state index in [2.05, 4.69) is 18.1 Å². The summed E-state index contributed by atoms with van der Waals surface area (Å²) in [6, 6.07) is 1.36. The molecule has 0 bridgehead atoms. The number of phosphoric ester groups is 1. The second kappa shape index (κ2) is 8.66. The number of nitrogens with one attached hydrogen (secondary N) is 1. The van der Waals surface area contributed by atoms with Gasteiger partial charge in [-0.15, -0.1) is 0 Å². The van der Waals surface area contributed by atoms with Gasteiger partial charge in [-0.25, -0.2) is 18.5 Å². The van der Waals surface area contributed by atoms with E-state index in [9.17, 15) is 28.5 Å². The third-order valence-electron chi connectivity index (χ3n) is 3.21. The van der Waals surface area contributed by atoms with E-state index >= 15 is 0 Å². The van der Waals surface area contributed by atoms with Gasteiger partial charge in [0.25, 0.3) is 0 Å². The van der Waals surface area contributed by atoms with E-state index in [0.29, 0.717) is 0 Å². The molecular weight excluding hydrogens is 469 g/mol. The van der Waals surface area contributed by atoms with Gasteiger partial charge < -0.3 is 29.4 Å². The Balaban J connectivity index is 2.14. The second-order valence-electron chi connectivity index (χ2n) is 5.30. The highest BCUT2D eigenvalue weighted by Crippen LogP contribution is 2.67. The largest absolute Gasteiger partial charge is 0.490 e. The van der Waals surface area contributed by atoms with E-state index in [4.69, 9.17) is 31.6 Å². The molecule has 0 radical (unpaired) electrons. The fourth-order valence-electron chi connectivity index (χ4n) is 2.27. The number of hydrogen-bond donors (Lipinski definition) is 6. The summed E-state index contributed by atoms with van der Waals surface area (Å²) in [7, 11) is -16.6. The van der Waals surface area contributed by atoms with Crippen LogP contribution in [0.1, 0.15) is 12.6 Å². The average molecular weight is 484 g/mol. The summed E-state index contributed by atoms with van der Waals surface area (Å²) in [6.07, 6.45) is -2.72. The molecule has 1 aliphatic rings. The van der Waals surface area contributed by atoms with E-state index in [0.717, 1.165) is 4.57 Å². The molecule has 6 N–H and O–H groups in total. The van der Waals surface area contributed by atoms with Crippen molar-refractivity contribution in [3.8, 4) is 0 Å². The fourth-order valence-corrected chi connectivity index (χ4v) is 5.64. The van der Waals surface area contributed by atoms with Crippen LogP contribution >= 0.6 is 35.7 Å². The van der Waals surface area contributed by atoms with Crippen LogP contribution in [-0.4, -0.2) is 53.0 Å². The summed E-state index contributed by atoms with van der Waals surface area (Å²) in [5.74, 6) is 0. The number of aromatic nitrogens is 2.